The van der Waals surface area contributed by atoms with E-state index in [2.05, 4.69) is 15.1 Å². The van der Waals surface area contributed by atoms with E-state index in [0.717, 1.165) is 10.1 Å². The smallest absolute Gasteiger partial charge is 0.332 e. The average Bonchev–Trinajstić information content (AvgIpc) is 3.28. The summed E-state index contributed by atoms with van der Waals surface area (Å²) >= 11 is 12.2. The van der Waals surface area contributed by atoms with Gasteiger partial charge in [-0.05, 0) is 29.8 Å². The lowest BCUT2D eigenvalue weighted by atomic mass is 10.2. The van der Waals surface area contributed by atoms with Crippen molar-refractivity contribution in [1.29, 1.82) is 0 Å². The fourth-order valence-electron chi connectivity index (χ4n) is 4.66. The number of aryl methyl sites for hydroxylation is 1. The average molecular weight is 556 g/mol. The summed E-state index contributed by atoms with van der Waals surface area (Å²) in [5.74, 6) is 0.466. The number of amides is 1. The SMILES string of the molecule is Cn1c(=O)c2c(nc(N3CCN(CC(=O)Nc4ccccc4Cl)CC3)n2Cc2ccc(Cl)cc2)n(C)c1=O. The fourth-order valence-corrected chi connectivity index (χ4v) is 4.97. The Kier molecular flexibility index (Phi) is 7.29. The Morgan fingerprint density at radius 3 is 2.32 bits per heavy atom. The Morgan fingerprint density at radius 2 is 1.63 bits per heavy atom. The second-order valence-corrected chi connectivity index (χ2v) is 10.1. The van der Waals surface area contributed by atoms with E-state index in [-0.39, 0.29) is 12.5 Å². The van der Waals surface area contributed by atoms with Crippen LogP contribution in [-0.2, 0) is 25.4 Å². The predicted octanol–water partition coefficient (Wildman–Crippen LogP) is 2.55. The van der Waals surface area contributed by atoms with Gasteiger partial charge >= 0.3 is 5.69 Å². The molecule has 0 radical (unpaired) electrons. The molecule has 2 aromatic carbocycles. The highest BCUT2D eigenvalue weighted by atomic mass is 35.5. The van der Waals surface area contributed by atoms with Crippen LogP contribution in [0.25, 0.3) is 11.2 Å². The molecule has 1 saturated heterocycles. The van der Waals surface area contributed by atoms with E-state index in [9.17, 15) is 14.4 Å². The van der Waals surface area contributed by atoms with Gasteiger partial charge in [0.2, 0.25) is 11.9 Å². The molecular weight excluding hydrogens is 529 g/mol. The molecular formula is C26H27Cl2N7O3. The number of anilines is 2. The quantitative estimate of drug-likeness (QED) is 0.392. The van der Waals surface area contributed by atoms with Crippen molar-refractivity contribution in [3.05, 3.63) is 85.0 Å². The summed E-state index contributed by atoms with van der Waals surface area (Å²) in [4.78, 5) is 47.3. The van der Waals surface area contributed by atoms with Gasteiger partial charge in [-0.1, -0.05) is 47.5 Å². The maximum absolute atomic E-state index is 13.2. The summed E-state index contributed by atoms with van der Waals surface area (Å²) in [7, 11) is 3.08. The van der Waals surface area contributed by atoms with Crippen LogP contribution in [0, 0.1) is 0 Å². The molecule has 4 aromatic rings. The number of piperazine rings is 1. The lowest BCUT2D eigenvalue weighted by Gasteiger charge is -2.35. The molecule has 0 bridgehead atoms. The van der Waals surface area contributed by atoms with Gasteiger partial charge in [0.05, 0.1) is 23.8 Å². The lowest BCUT2D eigenvalue weighted by molar-refractivity contribution is -0.117. The number of hydrogen-bond acceptors (Lipinski definition) is 6. The first-order chi connectivity index (χ1) is 18.2. The van der Waals surface area contributed by atoms with Crippen LogP contribution in [0.5, 0.6) is 0 Å². The third-order valence-corrected chi connectivity index (χ3v) is 7.33. The van der Waals surface area contributed by atoms with Gasteiger partial charge in [-0.2, -0.15) is 4.98 Å². The van der Waals surface area contributed by atoms with Crippen LogP contribution >= 0.6 is 23.2 Å². The summed E-state index contributed by atoms with van der Waals surface area (Å²) in [6.45, 7) is 3.05. The number of carbonyl (C=O) groups excluding carboxylic acids is 1. The number of fused-ring (bicyclic) bond motifs is 1. The van der Waals surface area contributed by atoms with Gasteiger partial charge in [0.1, 0.15) is 0 Å². The van der Waals surface area contributed by atoms with Crippen molar-refractivity contribution >= 4 is 51.9 Å². The van der Waals surface area contributed by atoms with Crippen LogP contribution in [0.15, 0.2) is 58.1 Å². The molecule has 3 heterocycles. The number of para-hydroxylation sites is 1. The van der Waals surface area contributed by atoms with E-state index in [1.807, 2.05) is 28.8 Å². The standard InChI is InChI=1S/C26H27Cl2N7O3/c1-31-23-22(24(37)32(2)26(31)38)35(15-17-7-9-18(27)10-8-17)25(30-23)34-13-11-33(12-14-34)16-21(36)29-20-6-4-3-5-19(20)28/h3-10H,11-16H2,1-2H3,(H,29,36). The normalized spacial score (nSPS) is 14.3. The molecule has 0 saturated carbocycles. The van der Waals surface area contributed by atoms with Crippen LogP contribution in [0.4, 0.5) is 11.6 Å². The van der Waals surface area contributed by atoms with Gasteiger partial charge in [0.15, 0.2) is 11.2 Å². The Hall–Kier alpha value is -3.60. The summed E-state index contributed by atoms with van der Waals surface area (Å²) in [5, 5.41) is 3.97. The molecule has 38 heavy (non-hydrogen) atoms. The van der Waals surface area contributed by atoms with Crippen molar-refractivity contribution in [3.63, 3.8) is 0 Å². The molecule has 0 aliphatic carbocycles. The molecule has 0 atom stereocenters. The number of nitrogens with one attached hydrogen (secondary N) is 1. The highest BCUT2D eigenvalue weighted by Crippen LogP contribution is 2.24. The molecule has 1 fully saturated rings. The van der Waals surface area contributed by atoms with Crippen molar-refractivity contribution in [2.45, 2.75) is 6.54 Å². The number of halogens is 2. The number of benzene rings is 2. The van der Waals surface area contributed by atoms with E-state index in [4.69, 9.17) is 28.2 Å². The van der Waals surface area contributed by atoms with Gasteiger partial charge in [0, 0.05) is 45.3 Å². The third kappa shape index (κ3) is 5.07. The first-order valence-electron chi connectivity index (χ1n) is 12.2. The molecule has 1 amide bonds. The van der Waals surface area contributed by atoms with Crippen molar-refractivity contribution < 1.29 is 4.79 Å². The van der Waals surface area contributed by atoms with Crippen molar-refractivity contribution in [1.82, 2.24) is 23.6 Å². The summed E-state index contributed by atoms with van der Waals surface area (Å²) in [5.41, 5.74) is 1.40. The molecule has 1 aliphatic rings. The molecule has 1 N–H and O–H groups in total. The Morgan fingerprint density at radius 1 is 0.947 bits per heavy atom. The van der Waals surface area contributed by atoms with E-state index in [1.165, 1.54) is 11.6 Å². The van der Waals surface area contributed by atoms with E-state index >= 15 is 0 Å². The molecule has 198 valence electrons. The predicted molar refractivity (Wildman–Crippen MR) is 150 cm³/mol. The van der Waals surface area contributed by atoms with E-state index in [1.54, 1.807) is 31.3 Å². The molecule has 1 aliphatic heterocycles. The minimum atomic E-state index is -0.431. The summed E-state index contributed by atoms with van der Waals surface area (Å²) < 4.78 is 4.36. The second-order valence-electron chi connectivity index (χ2n) is 9.29. The highest BCUT2D eigenvalue weighted by molar-refractivity contribution is 6.33. The molecule has 0 unspecified atom stereocenters. The van der Waals surface area contributed by atoms with Crippen molar-refractivity contribution in [2.75, 3.05) is 42.9 Å². The molecule has 10 nitrogen and oxygen atoms in total. The van der Waals surface area contributed by atoms with Crippen LogP contribution < -0.4 is 21.5 Å². The number of rotatable bonds is 6. The largest absolute Gasteiger partial charge is 0.340 e. The van der Waals surface area contributed by atoms with E-state index < -0.39 is 11.2 Å². The minimum absolute atomic E-state index is 0.139. The maximum atomic E-state index is 13.2. The zero-order valence-corrected chi connectivity index (χ0v) is 22.5. The zero-order valence-electron chi connectivity index (χ0n) is 21.0. The maximum Gasteiger partial charge on any atom is 0.332 e. The Bertz CT molecular complexity index is 1620. The monoisotopic (exact) mass is 555 g/mol. The van der Waals surface area contributed by atoms with Gasteiger partial charge in [-0.15, -0.1) is 0 Å². The number of hydrogen-bond donors (Lipinski definition) is 1. The van der Waals surface area contributed by atoms with Crippen LogP contribution in [-0.4, -0.2) is 62.2 Å². The van der Waals surface area contributed by atoms with E-state index in [0.29, 0.717) is 65.6 Å². The van der Waals surface area contributed by atoms with Crippen LogP contribution in [0.2, 0.25) is 10.0 Å². The highest BCUT2D eigenvalue weighted by Gasteiger charge is 2.26. The molecule has 5 rings (SSSR count). The van der Waals surface area contributed by atoms with Gasteiger partial charge < -0.3 is 10.2 Å². The summed E-state index contributed by atoms with van der Waals surface area (Å²) in [6.07, 6.45) is 0. The second kappa shape index (κ2) is 10.6. The van der Waals surface area contributed by atoms with Gasteiger partial charge in [-0.25, -0.2) is 4.79 Å². The van der Waals surface area contributed by atoms with Crippen molar-refractivity contribution in [2.24, 2.45) is 14.1 Å². The molecule has 2 aromatic heterocycles. The zero-order chi connectivity index (χ0) is 27.0. The first kappa shape index (κ1) is 26.0. The lowest BCUT2D eigenvalue weighted by Crippen LogP contribution is -2.49. The first-order valence-corrected chi connectivity index (χ1v) is 12.9. The van der Waals surface area contributed by atoms with Gasteiger partial charge in [-0.3, -0.25) is 28.2 Å². The van der Waals surface area contributed by atoms with Gasteiger partial charge in [0.25, 0.3) is 5.56 Å². The summed E-state index contributed by atoms with van der Waals surface area (Å²) in [6, 6.07) is 14.5. The number of imidazole rings is 1. The Labute approximate surface area is 228 Å². The number of nitrogens with zero attached hydrogens (tertiary/aromatic N) is 6. The van der Waals surface area contributed by atoms with Crippen LogP contribution in [0.3, 0.4) is 0 Å². The van der Waals surface area contributed by atoms with Crippen molar-refractivity contribution in [3.8, 4) is 0 Å². The fraction of sp³-hybridized carbons (Fsp3) is 0.308. The third-order valence-electron chi connectivity index (χ3n) is 6.75. The van der Waals surface area contributed by atoms with Crippen LogP contribution in [0.1, 0.15) is 5.56 Å². The number of aromatic nitrogens is 4. The molecule has 0 spiro atoms. The minimum Gasteiger partial charge on any atom is -0.340 e. The molecule has 12 heteroatoms. The topological polar surface area (TPSA) is 97.4 Å². The number of carbonyl (C=O) groups is 1. The Balaban J connectivity index is 1.39.